The number of amides is 1. The molecule has 2 aromatic heterocycles. The standard InChI is InChI=1S/C17H23N5O/c1-12-10-15(20-19-12)17(23)21-7-4-14(5-8-21)16-18-6-9-22(16)11-13-2-3-13/h6,9-10,13-14H,2-5,7-8,11H2,1H3,(H,19,20). The van der Waals surface area contributed by atoms with E-state index in [9.17, 15) is 4.79 Å². The lowest BCUT2D eigenvalue weighted by molar-refractivity contribution is 0.0704. The van der Waals surface area contributed by atoms with Crippen LogP contribution in [0, 0.1) is 12.8 Å². The lowest BCUT2D eigenvalue weighted by atomic mass is 9.95. The van der Waals surface area contributed by atoms with E-state index in [1.54, 1.807) is 0 Å². The summed E-state index contributed by atoms with van der Waals surface area (Å²) in [6.07, 6.45) is 8.70. The number of nitrogens with zero attached hydrogens (tertiary/aromatic N) is 4. The van der Waals surface area contributed by atoms with Crippen molar-refractivity contribution in [2.24, 2.45) is 5.92 Å². The van der Waals surface area contributed by atoms with Crippen LogP contribution in [0.2, 0.25) is 0 Å². The van der Waals surface area contributed by atoms with Gasteiger partial charge in [-0.2, -0.15) is 5.10 Å². The Kier molecular flexibility index (Phi) is 3.67. The number of imidazole rings is 1. The number of carbonyl (C=O) groups is 1. The van der Waals surface area contributed by atoms with E-state index in [1.165, 1.54) is 18.7 Å². The Morgan fingerprint density at radius 3 is 2.74 bits per heavy atom. The highest BCUT2D eigenvalue weighted by Crippen LogP contribution is 2.33. The first-order valence-electron chi connectivity index (χ1n) is 8.53. The van der Waals surface area contributed by atoms with Gasteiger partial charge in [-0.1, -0.05) is 0 Å². The van der Waals surface area contributed by atoms with Gasteiger partial charge in [0.2, 0.25) is 0 Å². The minimum Gasteiger partial charge on any atom is -0.337 e. The first kappa shape index (κ1) is 14.5. The molecule has 0 aromatic carbocycles. The molecule has 4 rings (SSSR count). The number of aryl methyl sites for hydroxylation is 1. The molecule has 2 fully saturated rings. The molecule has 1 saturated carbocycles. The first-order valence-corrected chi connectivity index (χ1v) is 8.53. The number of aromatic nitrogens is 4. The van der Waals surface area contributed by atoms with Crippen LogP contribution in [0.5, 0.6) is 0 Å². The van der Waals surface area contributed by atoms with Gasteiger partial charge in [0.1, 0.15) is 11.5 Å². The monoisotopic (exact) mass is 313 g/mol. The number of likely N-dealkylation sites (tertiary alicyclic amines) is 1. The molecule has 0 radical (unpaired) electrons. The Labute approximate surface area is 135 Å². The molecule has 1 saturated heterocycles. The minimum absolute atomic E-state index is 0.0362. The van der Waals surface area contributed by atoms with E-state index in [-0.39, 0.29) is 5.91 Å². The van der Waals surface area contributed by atoms with E-state index >= 15 is 0 Å². The summed E-state index contributed by atoms with van der Waals surface area (Å²) < 4.78 is 2.33. The molecule has 0 unspecified atom stereocenters. The van der Waals surface area contributed by atoms with Gasteiger partial charge in [0.15, 0.2) is 0 Å². The maximum absolute atomic E-state index is 12.4. The van der Waals surface area contributed by atoms with E-state index in [0.29, 0.717) is 11.6 Å². The maximum Gasteiger partial charge on any atom is 0.274 e. The van der Waals surface area contributed by atoms with Crippen molar-refractivity contribution < 1.29 is 4.79 Å². The summed E-state index contributed by atoms with van der Waals surface area (Å²) >= 11 is 0. The molecule has 3 heterocycles. The van der Waals surface area contributed by atoms with Crippen LogP contribution in [-0.4, -0.2) is 43.6 Å². The third-order valence-corrected chi connectivity index (χ3v) is 4.97. The summed E-state index contributed by atoms with van der Waals surface area (Å²) in [6.45, 7) is 4.59. The Bertz CT molecular complexity index is 691. The molecule has 0 spiro atoms. The lowest BCUT2D eigenvalue weighted by Crippen LogP contribution is -2.38. The van der Waals surface area contributed by atoms with E-state index in [4.69, 9.17) is 0 Å². The van der Waals surface area contributed by atoms with E-state index in [1.807, 2.05) is 24.1 Å². The number of aromatic amines is 1. The largest absolute Gasteiger partial charge is 0.337 e. The summed E-state index contributed by atoms with van der Waals surface area (Å²) in [5.41, 5.74) is 1.45. The fraction of sp³-hybridized carbons (Fsp3) is 0.588. The van der Waals surface area contributed by atoms with Gasteiger partial charge < -0.3 is 9.47 Å². The summed E-state index contributed by atoms with van der Waals surface area (Å²) in [6, 6.07) is 1.82. The zero-order valence-electron chi connectivity index (χ0n) is 13.5. The number of nitrogens with one attached hydrogen (secondary N) is 1. The van der Waals surface area contributed by atoms with Gasteiger partial charge in [0, 0.05) is 43.6 Å². The van der Waals surface area contributed by atoms with Gasteiger partial charge in [-0.25, -0.2) is 4.98 Å². The number of H-pyrrole nitrogens is 1. The number of hydrogen-bond donors (Lipinski definition) is 1. The third kappa shape index (κ3) is 3.02. The van der Waals surface area contributed by atoms with E-state index in [0.717, 1.165) is 44.1 Å². The Morgan fingerprint density at radius 2 is 2.09 bits per heavy atom. The zero-order chi connectivity index (χ0) is 15.8. The molecular weight excluding hydrogens is 290 g/mol. The number of hydrogen-bond acceptors (Lipinski definition) is 3. The van der Waals surface area contributed by atoms with Gasteiger partial charge in [-0.3, -0.25) is 9.89 Å². The number of piperidine rings is 1. The van der Waals surface area contributed by atoms with Crippen LogP contribution in [0.15, 0.2) is 18.5 Å². The van der Waals surface area contributed by atoms with Crippen LogP contribution in [0.3, 0.4) is 0 Å². The lowest BCUT2D eigenvalue weighted by Gasteiger charge is -2.31. The Balaban J connectivity index is 1.39. The average Bonchev–Trinajstić information content (AvgIpc) is 3.07. The predicted molar refractivity (Wildman–Crippen MR) is 86.2 cm³/mol. The molecule has 6 nitrogen and oxygen atoms in total. The van der Waals surface area contributed by atoms with Gasteiger partial charge in [-0.15, -0.1) is 0 Å². The molecule has 1 aliphatic carbocycles. The zero-order valence-corrected chi connectivity index (χ0v) is 13.5. The molecule has 23 heavy (non-hydrogen) atoms. The van der Waals surface area contributed by atoms with Crippen molar-refractivity contribution >= 4 is 5.91 Å². The maximum atomic E-state index is 12.4. The van der Waals surface area contributed by atoms with Crippen molar-refractivity contribution in [1.82, 2.24) is 24.6 Å². The van der Waals surface area contributed by atoms with Gasteiger partial charge in [0.25, 0.3) is 5.91 Å². The smallest absolute Gasteiger partial charge is 0.274 e. The highest BCUT2D eigenvalue weighted by molar-refractivity contribution is 5.92. The van der Waals surface area contributed by atoms with E-state index in [2.05, 4.69) is 25.9 Å². The first-order chi connectivity index (χ1) is 11.2. The van der Waals surface area contributed by atoms with Crippen molar-refractivity contribution in [1.29, 1.82) is 0 Å². The normalized spacial score (nSPS) is 19.3. The molecule has 1 amide bonds. The van der Waals surface area contributed by atoms with Crippen molar-refractivity contribution in [2.75, 3.05) is 13.1 Å². The van der Waals surface area contributed by atoms with Crippen LogP contribution in [-0.2, 0) is 6.54 Å². The predicted octanol–water partition coefficient (Wildman–Crippen LogP) is 2.34. The van der Waals surface area contributed by atoms with Crippen molar-refractivity contribution in [3.05, 3.63) is 35.7 Å². The Morgan fingerprint density at radius 1 is 1.30 bits per heavy atom. The van der Waals surface area contributed by atoms with Crippen LogP contribution in [0.25, 0.3) is 0 Å². The van der Waals surface area contributed by atoms with Gasteiger partial charge in [-0.05, 0) is 44.6 Å². The summed E-state index contributed by atoms with van der Waals surface area (Å²) in [5.74, 6) is 2.56. The van der Waals surface area contributed by atoms with Crippen molar-refractivity contribution in [3.63, 3.8) is 0 Å². The topological polar surface area (TPSA) is 66.8 Å². The van der Waals surface area contributed by atoms with Crippen LogP contribution < -0.4 is 0 Å². The molecule has 122 valence electrons. The molecule has 0 atom stereocenters. The second-order valence-electron chi connectivity index (χ2n) is 6.88. The van der Waals surface area contributed by atoms with Gasteiger partial charge >= 0.3 is 0 Å². The highest BCUT2D eigenvalue weighted by atomic mass is 16.2. The van der Waals surface area contributed by atoms with Crippen LogP contribution >= 0.6 is 0 Å². The number of rotatable bonds is 4. The molecule has 0 bridgehead atoms. The minimum atomic E-state index is 0.0362. The van der Waals surface area contributed by atoms with Crippen LogP contribution in [0.4, 0.5) is 0 Å². The molecular formula is C17H23N5O. The number of carbonyl (C=O) groups excluding carboxylic acids is 1. The van der Waals surface area contributed by atoms with Crippen LogP contribution in [0.1, 0.15) is 53.6 Å². The SMILES string of the molecule is Cc1cc(C(=O)N2CCC(c3nccn3CC3CC3)CC2)n[nH]1. The summed E-state index contributed by atoms with van der Waals surface area (Å²) in [5, 5.41) is 6.92. The van der Waals surface area contributed by atoms with Gasteiger partial charge in [0.05, 0.1) is 0 Å². The molecule has 1 aliphatic heterocycles. The fourth-order valence-electron chi connectivity index (χ4n) is 3.44. The van der Waals surface area contributed by atoms with Crippen molar-refractivity contribution in [2.45, 2.75) is 45.1 Å². The summed E-state index contributed by atoms with van der Waals surface area (Å²) in [7, 11) is 0. The van der Waals surface area contributed by atoms with Crippen molar-refractivity contribution in [3.8, 4) is 0 Å². The Hall–Kier alpha value is -2.11. The molecule has 2 aliphatic rings. The third-order valence-electron chi connectivity index (χ3n) is 4.97. The molecule has 2 aromatic rings. The second-order valence-corrected chi connectivity index (χ2v) is 6.88. The average molecular weight is 313 g/mol. The quantitative estimate of drug-likeness (QED) is 0.942. The fourth-order valence-corrected chi connectivity index (χ4v) is 3.44. The van der Waals surface area contributed by atoms with E-state index < -0.39 is 0 Å². The highest BCUT2D eigenvalue weighted by Gasteiger charge is 2.29. The molecule has 1 N–H and O–H groups in total. The summed E-state index contributed by atoms with van der Waals surface area (Å²) in [4.78, 5) is 19.0. The second kappa shape index (κ2) is 5.83. The molecule has 6 heteroatoms.